The van der Waals surface area contributed by atoms with Gasteiger partial charge in [0.15, 0.2) is 6.61 Å². The molecule has 0 spiro atoms. The van der Waals surface area contributed by atoms with E-state index in [1.54, 1.807) is 18.2 Å². The van der Waals surface area contributed by atoms with Gasteiger partial charge in [-0.3, -0.25) is 29.6 Å². The van der Waals surface area contributed by atoms with Gasteiger partial charge in [0.1, 0.15) is 0 Å². The van der Waals surface area contributed by atoms with Crippen molar-refractivity contribution in [2.24, 2.45) is 11.8 Å². The fraction of sp³-hybridized carbons (Fsp3) is 0.346. The van der Waals surface area contributed by atoms with Crippen molar-refractivity contribution in [3.05, 3.63) is 65.2 Å². The van der Waals surface area contributed by atoms with E-state index in [1.807, 2.05) is 26.8 Å². The molecule has 1 atom stereocenters. The molecule has 0 aromatic heterocycles. The number of hydrogen-bond donors (Lipinski definition) is 2. The zero-order valence-electron chi connectivity index (χ0n) is 20.4. The molecule has 1 aliphatic rings. The summed E-state index contributed by atoms with van der Waals surface area (Å²) in [7, 11) is 0. The Balaban J connectivity index is 1.44. The van der Waals surface area contributed by atoms with E-state index >= 15 is 0 Å². The summed E-state index contributed by atoms with van der Waals surface area (Å²) in [6.07, 6.45) is -0.136. The standard InChI is InChI=1S/C26H29N3O7/c1-16(2)14-35-25(33)18-7-9-21(10-8-18)27-22(30)15-36-26(34)20-12-23(31)29(13-20)28-24(32)19-6-4-5-17(3)11-19/h4-11,16,20H,12-15H2,1-3H3,(H,27,30)(H,28,32)/t20-/m0/s1. The smallest absolute Gasteiger partial charge is 0.338 e. The molecular weight excluding hydrogens is 466 g/mol. The number of hydrazine groups is 1. The number of anilines is 1. The SMILES string of the molecule is Cc1cccc(C(=O)NN2C[C@@H](C(=O)OCC(=O)Nc3ccc(C(=O)OCC(C)C)cc3)CC2=O)c1. The van der Waals surface area contributed by atoms with Gasteiger partial charge in [-0.25, -0.2) is 4.79 Å². The van der Waals surface area contributed by atoms with Gasteiger partial charge < -0.3 is 14.8 Å². The van der Waals surface area contributed by atoms with E-state index in [0.29, 0.717) is 23.4 Å². The highest BCUT2D eigenvalue weighted by Gasteiger charge is 2.36. The van der Waals surface area contributed by atoms with E-state index in [1.165, 1.54) is 24.3 Å². The van der Waals surface area contributed by atoms with Crippen LogP contribution >= 0.6 is 0 Å². The maximum absolute atomic E-state index is 12.4. The summed E-state index contributed by atoms with van der Waals surface area (Å²) < 4.78 is 10.2. The van der Waals surface area contributed by atoms with Crippen LogP contribution in [0.2, 0.25) is 0 Å². The van der Waals surface area contributed by atoms with Gasteiger partial charge in [-0.2, -0.15) is 0 Å². The molecule has 0 radical (unpaired) electrons. The number of carbonyl (C=O) groups is 5. The number of hydrogen-bond acceptors (Lipinski definition) is 7. The van der Waals surface area contributed by atoms with E-state index < -0.39 is 42.2 Å². The van der Waals surface area contributed by atoms with Gasteiger partial charge >= 0.3 is 11.9 Å². The molecule has 10 heteroatoms. The Hall–Kier alpha value is -4.21. The molecule has 1 aliphatic heterocycles. The monoisotopic (exact) mass is 495 g/mol. The number of aryl methyl sites for hydroxylation is 1. The van der Waals surface area contributed by atoms with Crippen LogP contribution < -0.4 is 10.7 Å². The lowest BCUT2D eigenvalue weighted by Gasteiger charge is -2.17. The molecule has 190 valence electrons. The number of esters is 2. The molecule has 0 saturated carbocycles. The third-order valence-electron chi connectivity index (χ3n) is 5.27. The summed E-state index contributed by atoms with van der Waals surface area (Å²) in [4.78, 5) is 61.1. The lowest BCUT2D eigenvalue weighted by molar-refractivity contribution is -0.151. The predicted octanol–water partition coefficient (Wildman–Crippen LogP) is 2.48. The number of amides is 3. The van der Waals surface area contributed by atoms with Crippen LogP contribution in [-0.2, 0) is 23.9 Å². The van der Waals surface area contributed by atoms with Gasteiger partial charge in [-0.1, -0.05) is 31.5 Å². The molecule has 1 fully saturated rings. The first-order valence-electron chi connectivity index (χ1n) is 11.5. The van der Waals surface area contributed by atoms with Crippen molar-refractivity contribution in [1.82, 2.24) is 10.4 Å². The maximum atomic E-state index is 12.4. The van der Waals surface area contributed by atoms with Crippen LogP contribution in [0, 0.1) is 18.8 Å². The fourth-order valence-electron chi connectivity index (χ4n) is 3.41. The Morgan fingerprint density at radius 3 is 2.42 bits per heavy atom. The molecule has 1 saturated heterocycles. The van der Waals surface area contributed by atoms with Gasteiger partial charge in [0.05, 0.1) is 24.6 Å². The van der Waals surface area contributed by atoms with Crippen LogP contribution in [0.15, 0.2) is 48.5 Å². The molecule has 3 rings (SSSR count). The Bertz CT molecular complexity index is 1140. The molecule has 36 heavy (non-hydrogen) atoms. The highest BCUT2D eigenvalue weighted by atomic mass is 16.5. The van der Waals surface area contributed by atoms with Gasteiger partial charge in [0.25, 0.3) is 11.8 Å². The van der Waals surface area contributed by atoms with E-state index in [-0.39, 0.29) is 18.9 Å². The van der Waals surface area contributed by atoms with Crippen molar-refractivity contribution in [1.29, 1.82) is 0 Å². The average Bonchev–Trinajstić information content (AvgIpc) is 3.21. The van der Waals surface area contributed by atoms with Crippen LogP contribution in [0.4, 0.5) is 5.69 Å². The number of carbonyl (C=O) groups excluding carboxylic acids is 5. The lowest BCUT2D eigenvalue weighted by Crippen LogP contribution is -2.43. The van der Waals surface area contributed by atoms with Crippen LogP contribution in [0.3, 0.4) is 0 Å². The Morgan fingerprint density at radius 1 is 1.03 bits per heavy atom. The second kappa shape index (κ2) is 12.0. The highest BCUT2D eigenvalue weighted by Crippen LogP contribution is 2.18. The summed E-state index contributed by atoms with van der Waals surface area (Å²) in [6, 6.07) is 13.0. The van der Waals surface area contributed by atoms with Gasteiger partial charge in [0.2, 0.25) is 5.91 Å². The molecule has 3 amide bonds. The lowest BCUT2D eigenvalue weighted by atomic mass is 10.1. The van der Waals surface area contributed by atoms with Crippen molar-refractivity contribution in [2.75, 3.05) is 25.1 Å². The third-order valence-corrected chi connectivity index (χ3v) is 5.27. The summed E-state index contributed by atoms with van der Waals surface area (Å²) >= 11 is 0. The minimum atomic E-state index is -0.806. The molecule has 0 unspecified atom stereocenters. The molecule has 0 bridgehead atoms. The van der Waals surface area contributed by atoms with Crippen molar-refractivity contribution in [3.63, 3.8) is 0 Å². The predicted molar refractivity (Wildman–Crippen MR) is 130 cm³/mol. The summed E-state index contributed by atoms with van der Waals surface area (Å²) in [5, 5.41) is 3.66. The average molecular weight is 496 g/mol. The molecule has 10 nitrogen and oxygen atoms in total. The number of nitrogens with zero attached hydrogens (tertiary/aromatic N) is 1. The van der Waals surface area contributed by atoms with Crippen molar-refractivity contribution in [2.45, 2.75) is 27.2 Å². The van der Waals surface area contributed by atoms with Crippen molar-refractivity contribution in [3.8, 4) is 0 Å². The number of rotatable bonds is 9. The first-order valence-corrected chi connectivity index (χ1v) is 11.5. The number of benzene rings is 2. The summed E-state index contributed by atoms with van der Waals surface area (Å²) in [5.41, 5.74) is 4.56. The molecule has 2 aromatic carbocycles. The van der Waals surface area contributed by atoms with Gasteiger partial charge in [-0.15, -0.1) is 0 Å². The minimum Gasteiger partial charge on any atom is -0.462 e. The van der Waals surface area contributed by atoms with Crippen LogP contribution in [0.1, 0.15) is 46.5 Å². The van der Waals surface area contributed by atoms with E-state index in [9.17, 15) is 24.0 Å². The first kappa shape index (κ1) is 26.4. The van der Waals surface area contributed by atoms with Crippen LogP contribution in [0.25, 0.3) is 0 Å². The highest BCUT2D eigenvalue weighted by molar-refractivity contribution is 5.97. The second-order valence-electron chi connectivity index (χ2n) is 8.94. The van der Waals surface area contributed by atoms with Crippen molar-refractivity contribution < 1.29 is 33.4 Å². The zero-order valence-corrected chi connectivity index (χ0v) is 20.4. The third kappa shape index (κ3) is 7.39. The normalized spacial score (nSPS) is 14.9. The fourth-order valence-corrected chi connectivity index (χ4v) is 3.41. The van der Waals surface area contributed by atoms with E-state index in [0.717, 1.165) is 10.6 Å². The molecule has 0 aliphatic carbocycles. The summed E-state index contributed by atoms with van der Waals surface area (Å²) in [6.45, 7) is 5.43. The molecule has 2 N–H and O–H groups in total. The van der Waals surface area contributed by atoms with Gasteiger partial charge in [-0.05, 0) is 49.2 Å². The van der Waals surface area contributed by atoms with E-state index in [4.69, 9.17) is 9.47 Å². The number of nitrogens with one attached hydrogen (secondary N) is 2. The Morgan fingerprint density at radius 2 is 1.75 bits per heavy atom. The zero-order chi connectivity index (χ0) is 26.2. The van der Waals surface area contributed by atoms with Gasteiger partial charge in [0, 0.05) is 17.7 Å². The Kier molecular flexibility index (Phi) is 8.77. The summed E-state index contributed by atoms with van der Waals surface area (Å²) in [5.74, 6) is -3.21. The minimum absolute atomic E-state index is 0.0504. The van der Waals surface area contributed by atoms with Crippen molar-refractivity contribution >= 4 is 35.3 Å². The quantitative estimate of drug-likeness (QED) is 0.511. The Labute approximate surface area is 208 Å². The first-order chi connectivity index (χ1) is 17.1. The maximum Gasteiger partial charge on any atom is 0.338 e. The molecular formula is C26H29N3O7. The number of ether oxygens (including phenoxy) is 2. The largest absolute Gasteiger partial charge is 0.462 e. The molecule has 1 heterocycles. The second-order valence-corrected chi connectivity index (χ2v) is 8.94. The van der Waals surface area contributed by atoms with Crippen LogP contribution in [0.5, 0.6) is 0 Å². The topological polar surface area (TPSA) is 131 Å². The molecule has 2 aromatic rings. The van der Waals surface area contributed by atoms with E-state index in [2.05, 4.69) is 10.7 Å². The van der Waals surface area contributed by atoms with Crippen LogP contribution in [-0.4, -0.2) is 54.4 Å².